The second-order valence-corrected chi connectivity index (χ2v) is 10.8. The first-order valence-corrected chi connectivity index (χ1v) is 14.2. The molecule has 0 spiro atoms. The molecule has 2 aliphatic rings. The summed E-state index contributed by atoms with van der Waals surface area (Å²) in [5, 5.41) is 18.3. The number of hydrogen-bond acceptors (Lipinski definition) is 6. The molecule has 41 heavy (non-hydrogen) atoms. The molecular formula is C32H25ClN4O3S. The molecule has 204 valence electrons. The molecule has 9 heteroatoms. The maximum atomic E-state index is 13.0. The van der Waals surface area contributed by atoms with Crippen molar-refractivity contribution in [2.75, 3.05) is 6.61 Å². The molecule has 1 amide bonds. The normalized spacial score (nSPS) is 15.7. The van der Waals surface area contributed by atoms with E-state index in [9.17, 15) is 4.79 Å². The molecule has 7 nitrogen and oxygen atoms in total. The quantitative estimate of drug-likeness (QED) is 0.229. The summed E-state index contributed by atoms with van der Waals surface area (Å²) in [6.07, 6.45) is 1.58. The molecule has 0 saturated carbocycles. The molecule has 4 aromatic rings. The lowest BCUT2D eigenvalue weighted by Gasteiger charge is -2.20. The minimum absolute atomic E-state index is 0.0556. The van der Waals surface area contributed by atoms with Gasteiger partial charge in [0.2, 0.25) is 5.17 Å². The summed E-state index contributed by atoms with van der Waals surface area (Å²) in [6, 6.07) is 25.6. The third kappa shape index (κ3) is 5.36. The molecule has 2 aliphatic heterocycles. The van der Waals surface area contributed by atoms with Crippen molar-refractivity contribution in [3.05, 3.63) is 112 Å². The van der Waals surface area contributed by atoms with Crippen LogP contribution in [0.4, 0.5) is 0 Å². The Balaban J connectivity index is 1.28. The number of ether oxygens (including phenoxy) is 2. The SMILES string of the molecule is CCOc1cc(C=C2C(=N)N3N=C(c4ccc(C)cc4)SC3=NC2=O)cc(Cl)c1OCc1cccc2ccccc12. The average Bonchev–Trinajstić information content (AvgIpc) is 3.39. The molecule has 2 heterocycles. The van der Waals surface area contributed by atoms with Crippen LogP contribution in [0.1, 0.15) is 29.2 Å². The van der Waals surface area contributed by atoms with Gasteiger partial charge in [-0.3, -0.25) is 10.2 Å². The predicted octanol–water partition coefficient (Wildman–Crippen LogP) is 7.45. The van der Waals surface area contributed by atoms with Crippen molar-refractivity contribution < 1.29 is 14.3 Å². The Hall–Kier alpha value is -4.40. The van der Waals surface area contributed by atoms with E-state index >= 15 is 0 Å². The van der Waals surface area contributed by atoms with Crippen molar-refractivity contribution in [3.8, 4) is 11.5 Å². The highest BCUT2D eigenvalue weighted by Gasteiger charge is 2.36. The van der Waals surface area contributed by atoms with Gasteiger partial charge in [0.25, 0.3) is 5.91 Å². The number of aliphatic imine (C=N–C) groups is 1. The van der Waals surface area contributed by atoms with Crippen molar-refractivity contribution in [1.82, 2.24) is 5.01 Å². The minimum Gasteiger partial charge on any atom is -0.490 e. The standard InChI is InChI=1S/C32H25ClN4O3S/c1-3-39-27-17-20(16-26(33)28(27)40-18-23-9-6-8-21-7-4-5-10-24(21)23)15-25-29(34)37-32(35-30(25)38)41-31(36-37)22-13-11-19(2)12-14-22/h4-17,34H,3,18H2,1-2H3. The van der Waals surface area contributed by atoms with Crippen LogP contribution in [0.25, 0.3) is 16.8 Å². The highest BCUT2D eigenvalue weighted by Crippen LogP contribution is 2.39. The number of nitrogens with zero attached hydrogens (tertiary/aromatic N) is 3. The van der Waals surface area contributed by atoms with E-state index in [1.54, 1.807) is 18.2 Å². The van der Waals surface area contributed by atoms with Gasteiger partial charge in [-0.25, -0.2) is 0 Å². The van der Waals surface area contributed by atoms with E-state index in [-0.39, 0.29) is 11.4 Å². The molecule has 6 rings (SSSR count). The zero-order valence-electron chi connectivity index (χ0n) is 22.3. The molecule has 0 aliphatic carbocycles. The minimum atomic E-state index is -0.514. The molecule has 0 unspecified atom stereocenters. The summed E-state index contributed by atoms with van der Waals surface area (Å²) in [4.78, 5) is 17.2. The highest BCUT2D eigenvalue weighted by molar-refractivity contribution is 8.27. The molecular weight excluding hydrogens is 556 g/mol. The number of thioether (sulfide) groups is 1. The fraction of sp³-hybridized carbons (Fsp3) is 0.125. The number of benzene rings is 4. The Labute approximate surface area is 246 Å². The number of amides is 1. The van der Waals surface area contributed by atoms with Crippen LogP contribution in [0.2, 0.25) is 5.02 Å². The lowest BCUT2D eigenvalue weighted by atomic mass is 10.1. The van der Waals surface area contributed by atoms with Gasteiger partial charge in [0.1, 0.15) is 11.7 Å². The lowest BCUT2D eigenvalue weighted by molar-refractivity contribution is -0.114. The number of amidine groups is 2. The summed E-state index contributed by atoms with van der Waals surface area (Å²) in [7, 11) is 0. The van der Waals surface area contributed by atoms with Gasteiger partial charge in [0.05, 0.1) is 17.2 Å². The molecule has 0 aromatic heterocycles. The van der Waals surface area contributed by atoms with Crippen LogP contribution < -0.4 is 9.47 Å². The van der Waals surface area contributed by atoms with Crippen molar-refractivity contribution in [2.24, 2.45) is 10.1 Å². The lowest BCUT2D eigenvalue weighted by Crippen LogP contribution is -2.35. The molecule has 0 saturated heterocycles. The van der Waals surface area contributed by atoms with Gasteiger partial charge in [-0.05, 0) is 65.7 Å². The number of carbonyl (C=O) groups excluding carboxylic acids is 1. The summed E-state index contributed by atoms with van der Waals surface area (Å²) in [5.74, 6) is 0.291. The fourth-order valence-electron chi connectivity index (χ4n) is 4.61. The Morgan fingerprint density at radius 1 is 1.02 bits per heavy atom. The first-order chi connectivity index (χ1) is 19.9. The molecule has 4 aromatic carbocycles. The molecule has 0 radical (unpaired) electrons. The van der Waals surface area contributed by atoms with Crippen molar-refractivity contribution >= 4 is 62.2 Å². The van der Waals surface area contributed by atoms with Crippen molar-refractivity contribution in [2.45, 2.75) is 20.5 Å². The van der Waals surface area contributed by atoms with Crippen LogP contribution >= 0.6 is 23.4 Å². The van der Waals surface area contributed by atoms with E-state index in [1.165, 1.54) is 16.8 Å². The number of hydrazone groups is 1. The van der Waals surface area contributed by atoms with Gasteiger partial charge in [-0.15, -0.1) is 0 Å². The molecule has 0 fully saturated rings. The molecule has 0 atom stereocenters. The zero-order chi connectivity index (χ0) is 28.5. The van der Waals surface area contributed by atoms with Gasteiger partial charge in [0.15, 0.2) is 17.3 Å². The van der Waals surface area contributed by atoms with Crippen LogP contribution in [0, 0.1) is 12.3 Å². The maximum absolute atomic E-state index is 13.0. The van der Waals surface area contributed by atoms with E-state index in [0.29, 0.717) is 45.5 Å². The van der Waals surface area contributed by atoms with Gasteiger partial charge in [0, 0.05) is 5.56 Å². The third-order valence-corrected chi connectivity index (χ3v) is 7.89. The number of hydrogen-bond donors (Lipinski definition) is 1. The second-order valence-electron chi connectivity index (χ2n) is 9.48. The van der Waals surface area contributed by atoms with E-state index in [4.69, 9.17) is 26.5 Å². The van der Waals surface area contributed by atoms with E-state index < -0.39 is 5.91 Å². The highest BCUT2D eigenvalue weighted by atomic mass is 35.5. The summed E-state index contributed by atoms with van der Waals surface area (Å²) < 4.78 is 12.1. The van der Waals surface area contributed by atoms with E-state index in [2.05, 4.69) is 28.3 Å². The first-order valence-electron chi connectivity index (χ1n) is 13.0. The number of nitrogens with one attached hydrogen (secondary N) is 1. The molecule has 1 N–H and O–H groups in total. The van der Waals surface area contributed by atoms with Gasteiger partial charge >= 0.3 is 0 Å². The maximum Gasteiger partial charge on any atom is 0.283 e. The number of halogens is 1. The predicted molar refractivity (Wildman–Crippen MR) is 166 cm³/mol. The Bertz CT molecular complexity index is 1790. The number of aryl methyl sites for hydroxylation is 1. The first kappa shape index (κ1) is 26.8. The topological polar surface area (TPSA) is 87.3 Å². The van der Waals surface area contributed by atoms with Crippen LogP contribution in [0.15, 0.2) is 94.5 Å². The van der Waals surface area contributed by atoms with Gasteiger partial charge < -0.3 is 9.47 Å². The smallest absolute Gasteiger partial charge is 0.283 e. The van der Waals surface area contributed by atoms with Crippen LogP contribution in [-0.4, -0.2) is 33.6 Å². The summed E-state index contributed by atoms with van der Waals surface area (Å²) in [5.41, 5.74) is 3.74. The Kier molecular flexibility index (Phi) is 7.34. The van der Waals surface area contributed by atoms with Crippen LogP contribution in [0.5, 0.6) is 11.5 Å². The summed E-state index contributed by atoms with van der Waals surface area (Å²) in [6.45, 7) is 4.58. The number of rotatable bonds is 7. The van der Waals surface area contributed by atoms with Crippen LogP contribution in [0.3, 0.4) is 0 Å². The van der Waals surface area contributed by atoms with Crippen molar-refractivity contribution in [3.63, 3.8) is 0 Å². The van der Waals surface area contributed by atoms with E-state index in [0.717, 1.165) is 27.5 Å². The summed E-state index contributed by atoms with van der Waals surface area (Å²) >= 11 is 7.96. The second kappa shape index (κ2) is 11.2. The number of fused-ring (bicyclic) bond motifs is 2. The van der Waals surface area contributed by atoms with Gasteiger partial charge in [-0.2, -0.15) is 15.1 Å². The fourth-order valence-corrected chi connectivity index (χ4v) is 5.78. The average molecular weight is 581 g/mol. The third-order valence-electron chi connectivity index (χ3n) is 6.65. The van der Waals surface area contributed by atoms with Gasteiger partial charge in [-0.1, -0.05) is 83.9 Å². The molecule has 0 bridgehead atoms. The van der Waals surface area contributed by atoms with E-state index in [1.807, 2.05) is 62.4 Å². The Morgan fingerprint density at radius 3 is 2.61 bits per heavy atom. The number of carbonyl (C=O) groups is 1. The Morgan fingerprint density at radius 2 is 1.80 bits per heavy atom. The van der Waals surface area contributed by atoms with Crippen LogP contribution in [-0.2, 0) is 11.4 Å². The monoisotopic (exact) mass is 580 g/mol. The van der Waals surface area contributed by atoms with Crippen molar-refractivity contribution in [1.29, 1.82) is 5.41 Å². The zero-order valence-corrected chi connectivity index (χ0v) is 23.9. The largest absolute Gasteiger partial charge is 0.490 e.